The average Bonchev–Trinajstić information content (AvgIpc) is 3.14. The van der Waals surface area contributed by atoms with Gasteiger partial charge >= 0.3 is 0 Å². The van der Waals surface area contributed by atoms with Crippen LogP contribution in [0.5, 0.6) is 17.2 Å². The fourth-order valence-corrected chi connectivity index (χ4v) is 4.24. The van der Waals surface area contributed by atoms with Crippen molar-refractivity contribution in [3.8, 4) is 17.2 Å². The van der Waals surface area contributed by atoms with Gasteiger partial charge in [-0.25, -0.2) is 0 Å². The zero-order valence-corrected chi connectivity index (χ0v) is 18.1. The molecule has 0 radical (unpaired) electrons. The summed E-state index contributed by atoms with van der Waals surface area (Å²) in [6, 6.07) is 22.3. The highest BCUT2D eigenvalue weighted by Crippen LogP contribution is 2.26. The second-order valence-electron chi connectivity index (χ2n) is 6.69. The lowest BCUT2D eigenvalue weighted by atomic mass is 10.2. The Morgan fingerprint density at radius 2 is 1.74 bits per heavy atom. The molecule has 0 N–H and O–H groups in total. The number of aromatic nitrogens is 1. The van der Waals surface area contributed by atoms with E-state index in [0.29, 0.717) is 35.0 Å². The quantitative estimate of drug-likeness (QED) is 0.415. The number of hydrogen-bond donors (Lipinski definition) is 0. The summed E-state index contributed by atoms with van der Waals surface area (Å²) in [5.74, 6) is 1.52. The molecule has 4 aromatic rings. The Kier molecular flexibility index (Phi) is 6.45. The van der Waals surface area contributed by atoms with Gasteiger partial charge in [-0.1, -0.05) is 41.7 Å². The third-order valence-corrected chi connectivity index (χ3v) is 5.74. The molecule has 0 atom stereocenters. The van der Waals surface area contributed by atoms with Gasteiger partial charge in [-0.15, -0.1) is 0 Å². The van der Waals surface area contributed by atoms with Crippen molar-refractivity contribution >= 4 is 27.5 Å². The molecule has 6 nitrogen and oxygen atoms in total. The number of benzene rings is 3. The van der Waals surface area contributed by atoms with Crippen molar-refractivity contribution in [2.75, 3.05) is 20.8 Å². The minimum Gasteiger partial charge on any atom is -0.497 e. The molecule has 0 unspecified atom stereocenters. The van der Waals surface area contributed by atoms with Crippen LogP contribution >= 0.6 is 11.3 Å². The van der Waals surface area contributed by atoms with E-state index in [2.05, 4.69) is 4.99 Å². The van der Waals surface area contributed by atoms with E-state index in [1.807, 2.05) is 59.2 Å². The third kappa shape index (κ3) is 4.68. The molecular weight excluding hydrogens is 412 g/mol. The van der Waals surface area contributed by atoms with Crippen molar-refractivity contribution in [3.05, 3.63) is 83.2 Å². The predicted octanol–water partition coefficient (Wildman–Crippen LogP) is 4.89. The van der Waals surface area contributed by atoms with E-state index in [1.165, 1.54) is 11.3 Å². The van der Waals surface area contributed by atoms with Crippen molar-refractivity contribution in [1.82, 2.24) is 4.57 Å². The molecule has 0 aliphatic carbocycles. The van der Waals surface area contributed by atoms with Gasteiger partial charge in [-0.3, -0.25) is 4.79 Å². The van der Waals surface area contributed by atoms with E-state index >= 15 is 0 Å². The summed E-state index contributed by atoms with van der Waals surface area (Å²) in [4.78, 5) is 18.2. The lowest BCUT2D eigenvalue weighted by molar-refractivity contribution is 0.0995. The topological polar surface area (TPSA) is 62.1 Å². The number of methoxy groups -OCH3 is 2. The number of nitrogens with zero attached hydrogens (tertiary/aromatic N) is 2. The SMILES string of the molecule is COCCn1c(=NC(=O)c2ccccc2Oc2ccccc2)sc2cc(OC)ccc21. The number of fused-ring (bicyclic) bond motifs is 1. The highest BCUT2D eigenvalue weighted by atomic mass is 32.1. The molecule has 0 saturated heterocycles. The molecular formula is C24H22N2O4S. The zero-order chi connectivity index (χ0) is 21.6. The van der Waals surface area contributed by atoms with E-state index < -0.39 is 0 Å². The monoisotopic (exact) mass is 434 g/mol. The Morgan fingerprint density at radius 3 is 2.52 bits per heavy atom. The Labute approximate surface area is 184 Å². The van der Waals surface area contributed by atoms with Crippen LogP contribution in [-0.4, -0.2) is 31.3 Å². The molecule has 0 bridgehead atoms. The van der Waals surface area contributed by atoms with Gasteiger partial charge in [0.05, 0.1) is 29.5 Å². The Hall–Kier alpha value is -3.42. The number of rotatable bonds is 7. The van der Waals surface area contributed by atoms with Crippen LogP contribution in [0.3, 0.4) is 0 Å². The highest BCUT2D eigenvalue weighted by molar-refractivity contribution is 7.16. The minimum absolute atomic E-state index is 0.365. The van der Waals surface area contributed by atoms with Crippen LogP contribution < -0.4 is 14.3 Å². The molecule has 1 heterocycles. The zero-order valence-electron chi connectivity index (χ0n) is 17.3. The van der Waals surface area contributed by atoms with E-state index in [1.54, 1.807) is 32.4 Å². The van der Waals surface area contributed by atoms with Gasteiger partial charge in [-0.05, 0) is 42.5 Å². The number of amides is 1. The van der Waals surface area contributed by atoms with Gasteiger partial charge in [0, 0.05) is 13.7 Å². The Bertz CT molecular complexity index is 1260. The number of hydrogen-bond acceptors (Lipinski definition) is 5. The van der Waals surface area contributed by atoms with E-state index in [-0.39, 0.29) is 5.91 Å². The maximum Gasteiger partial charge on any atom is 0.283 e. The first-order valence-corrected chi connectivity index (χ1v) is 10.6. The number of ether oxygens (including phenoxy) is 3. The molecule has 0 spiro atoms. The van der Waals surface area contributed by atoms with Crippen molar-refractivity contribution in [2.45, 2.75) is 6.54 Å². The van der Waals surface area contributed by atoms with E-state index in [4.69, 9.17) is 14.2 Å². The normalized spacial score (nSPS) is 11.6. The van der Waals surface area contributed by atoms with Crippen LogP contribution in [-0.2, 0) is 11.3 Å². The predicted molar refractivity (Wildman–Crippen MR) is 121 cm³/mol. The maximum atomic E-state index is 13.1. The van der Waals surface area contributed by atoms with Crippen LogP contribution in [0, 0.1) is 0 Å². The molecule has 0 aliphatic rings. The lowest BCUT2D eigenvalue weighted by Crippen LogP contribution is -2.19. The van der Waals surface area contributed by atoms with Crippen LogP contribution in [0.4, 0.5) is 0 Å². The van der Waals surface area contributed by atoms with Crippen molar-refractivity contribution in [3.63, 3.8) is 0 Å². The van der Waals surface area contributed by atoms with Crippen LogP contribution in [0.2, 0.25) is 0 Å². The van der Waals surface area contributed by atoms with Gasteiger partial charge < -0.3 is 18.8 Å². The molecule has 1 aromatic heterocycles. The lowest BCUT2D eigenvalue weighted by Gasteiger charge is -2.09. The first-order chi connectivity index (χ1) is 15.2. The fourth-order valence-electron chi connectivity index (χ4n) is 3.16. The van der Waals surface area contributed by atoms with Crippen molar-refractivity contribution in [2.24, 2.45) is 4.99 Å². The second kappa shape index (κ2) is 9.59. The molecule has 0 saturated carbocycles. The standard InChI is InChI=1S/C24H22N2O4S/c1-28-15-14-26-20-13-12-18(29-2)16-22(20)31-24(26)25-23(27)19-10-6-7-11-21(19)30-17-8-4-3-5-9-17/h3-13,16H,14-15H2,1-2H3. The smallest absolute Gasteiger partial charge is 0.283 e. The number of thiazole rings is 1. The first kappa shape index (κ1) is 20.8. The van der Waals surface area contributed by atoms with Crippen molar-refractivity contribution < 1.29 is 19.0 Å². The molecule has 1 amide bonds. The molecule has 31 heavy (non-hydrogen) atoms. The summed E-state index contributed by atoms with van der Waals surface area (Å²) in [5.41, 5.74) is 1.38. The van der Waals surface area contributed by atoms with Gasteiger partial charge in [0.1, 0.15) is 17.2 Å². The summed E-state index contributed by atoms with van der Waals surface area (Å²) < 4.78 is 19.5. The molecule has 4 rings (SSSR count). The Morgan fingerprint density at radius 1 is 0.968 bits per heavy atom. The van der Waals surface area contributed by atoms with E-state index in [0.717, 1.165) is 16.0 Å². The van der Waals surface area contributed by atoms with Crippen LogP contribution in [0.15, 0.2) is 77.8 Å². The molecule has 158 valence electrons. The Balaban J connectivity index is 1.75. The van der Waals surface area contributed by atoms with Gasteiger partial charge in [-0.2, -0.15) is 4.99 Å². The highest BCUT2D eigenvalue weighted by Gasteiger charge is 2.14. The van der Waals surface area contributed by atoms with Gasteiger partial charge in [0.25, 0.3) is 5.91 Å². The van der Waals surface area contributed by atoms with Gasteiger partial charge in [0.15, 0.2) is 4.80 Å². The molecule has 7 heteroatoms. The average molecular weight is 435 g/mol. The maximum absolute atomic E-state index is 13.1. The number of para-hydroxylation sites is 2. The second-order valence-corrected chi connectivity index (χ2v) is 7.70. The summed E-state index contributed by atoms with van der Waals surface area (Å²) >= 11 is 1.44. The largest absolute Gasteiger partial charge is 0.497 e. The van der Waals surface area contributed by atoms with Crippen LogP contribution in [0.25, 0.3) is 10.2 Å². The fraction of sp³-hybridized carbons (Fsp3) is 0.167. The third-order valence-electron chi connectivity index (χ3n) is 4.69. The van der Waals surface area contributed by atoms with Crippen molar-refractivity contribution in [1.29, 1.82) is 0 Å². The summed E-state index contributed by atoms with van der Waals surface area (Å²) in [5, 5.41) is 0. The first-order valence-electron chi connectivity index (χ1n) is 9.77. The van der Waals surface area contributed by atoms with E-state index in [9.17, 15) is 4.79 Å². The summed E-state index contributed by atoms with van der Waals surface area (Å²) in [6.07, 6.45) is 0. The summed E-state index contributed by atoms with van der Waals surface area (Å²) in [7, 11) is 3.28. The van der Waals surface area contributed by atoms with Crippen LogP contribution in [0.1, 0.15) is 10.4 Å². The number of carbonyl (C=O) groups excluding carboxylic acids is 1. The minimum atomic E-state index is -0.365. The van der Waals surface area contributed by atoms with Gasteiger partial charge in [0.2, 0.25) is 0 Å². The molecule has 0 aliphatic heterocycles. The molecule has 3 aromatic carbocycles. The number of carbonyl (C=O) groups is 1. The summed E-state index contributed by atoms with van der Waals surface area (Å²) in [6.45, 7) is 1.09. The molecule has 0 fully saturated rings.